The Bertz CT molecular complexity index is 1120. The van der Waals surface area contributed by atoms with Crippen LogP contribution in [0.3, 0.4) is 0 Å². The molecule has 1 aromatic heterocycles. The summed E-state index contributed by atoms with van der Waals surface area (Å²) in [5, 5.41) is 10.8. The van der Waals surface area contributed by atoms with Crippen LogP contribution in [0.1, 0.15) is 16.7 Å². The van der Waals surface area contributed by atoms with Gasteiger partial charge in [0.1, 0.15) is 0 Å². The van der Waals surface area contributed by atoms with E-state index in [0.717, 1.165) is 11.1 Å². The monoisotopic (exact) mass is 440 g/mol. The van der Waals surface area contributed by atoms with Gasteiger partial charge in [-0.1, -0.05) is 42.5 Å². The maximum atomic E-state index is 12.6. The predicted octanol–water partition coefficient (Wildman–Crippen LogP) is 2.05. The van der Waals surface area contributed by atoms with Crippen molar-refractivity contribution in [2.75, 3.05) is 21.1 Å². The fraction of sp³-hybridized carbons (Fsp3) is 0.273. The minimum Gasteiger partial charge on any atom is -0.352 e. The minimum absolute atomic E-state index is 0.285. The highest BCUT2D eigenvalue weighted by atomic mass is 32.2. The molecule has 3 aromatic rings. The minimum atomic E-state index is -3.52. The van der Waals surface area contributed by atoms with Gasteiger partial charge in [0.2, 0.25) is 10.0 Å². The number of hydrogen-bond acceptors (Lipinski definition) is 4. The van der Waals surface area contributed by atoms with Crippen LogP contribution in [0.15, 0.2) is 76.9 Å². The first-order valence-corrected chi connectivity index (χ1v) is 11.3. The van der Waals surface area contributed by atoms with Gasteiger partial charge >= 0.3 is 0 Å². The quantitative estimate of drug-likeness (QED) is 0.413. The van der Waals surface area contributed by atoms with Crippen LogP contribution in [0.2, 0.25) is 0 Å². The van der Waals surface area contributed by atoms with Gasteiger partial charge in [-0.15, -0.1) is 0 Å². The summed E-state index contributed by atoms with van der Waals surface area (Å²) in [7, 11) is 1.22. The third-order valence-electron chi connectivity index (χ3n) is 4.86. The number of guanidine groups is 1. The summed E-state index contributed by atoms with van der Waals surface area (Å²) in [4.78, 5) is 4.55. The molecule has 0 bridgehead atoms. The Kier molecular flexibility index (Phi) is 7.43. The van der Waals surface area contributed by atoms with Crippen LogP contribution >= 0.6 is 0 Å². The number of benzene rings is 2. The standard InChI is InChI=1S/C22H28N6O2S/c1-23-22(25-16-19-10-6-7-12-21(19)31(29,30)27(2)3)24-15-18-9-4-5-11-20(18)17-28-14-8-13-26-28/h4-14H,15-17H2,1-3H3,(H2,23,24,25). The van der Waals surface area contributed by atoms with E-state index in [1.54, 1.807) is 31.4 Å². The van der Waals surface area contributed by atoms with Crippen molar-refractivity contribution in [1.82, 2.24) is 24.7 Å². The summed E-state index contributed by atoms with van der Waals surface area (Å²) in [6.07, 6.45) is 3.70. The number of nitrogens with zero attached hydrogens (tertiary/aromatic N) is 4. The Labute approximate surface area is 183 Å². The molecule has 0 unspecified atom stereocenters. The first kappa shape index (κ1) is 22.5. The molecule has 1 heterocycles. The van der Waals surface area contributed by atoms with E-state index in [0.29, 0.717) is 31.2 Å². The molecule has 0 aliphatic heterocycles. The second kappa shape index (κ2) is 10.2. The molecule has 164 valence electrons. The van der Waals surface area contributed by atoms with Crippen molar-refractivity contribution in [3.05, 3.63) is 83.7 Å². The molecule has 0 aliphatic rings. The van der Waals surface area contributed by atoms with Gasteiger partial charge in [0.25, 0.3) is 0 Å². The van der Waals surface area contributed by atoms with Crippen LogP contribution in [0, 0.1) is 0 Å². The number of nitrogens with one attached hydrogen (secondary N) is 2. The summed E-state index contributed by atoms with van der Waals surface area (Å²) in [6.45, 7) is 1.60. The van der Waals surface area contributed by atoms with Gasteiger partial charge in [0.15, 0.2) is 5.96 Å². The molecule has 0 aliphatic carbocycles. The highest BCUT2D eigenvalue weighted by Crippen LogP contribution is 2.18. The smallest absolute Gasteiger partial charge is 0.242 e. The Hall–Kier alpha value is -3.17. The molecule has 31 heavy (non-hydrogen) atoms. The second-order valence-corrected chi connectivity index (χ2v) is 9.27. The summed E-state index contributed by atoms with van der Waals surface area (Å²) in [6, 6.07) is 17.0. The highest BCUT2D eigenvalue weighted by molar-refractivity contribution is 7.89. The highest BCUT2D eigenvalue weighted by Gasteiger charge is 2.20. The summed E-state index contributed by atoms with van der Waals surface area (Å²) in [5.41, 5.74) is 2.98. The van der Waals surface area contributed by atoms with Crippen molar-refractivity contribution in [1.29, 1.82) is 0 Å². The lowest BCUT2D eigenvalue weighted by Crippen LogP contribution is -2.37. The van der Waals surface area contributed by atoms with Gasteiger partial charge in [-0.25, -0.2) is 12.7 Å². The molecule has 2 aromatic carbocycles. The van der Waals surface area contributed by atoms with Gasteiger partial charge in [0.05, 0.1) is 11.4 Å². The number of aromatic nitrogens is 2. The van der Waals surface area contributed by atoms with E-state index in [9.17, 15) is 8.42 Å². The number of hydrogen-bond donors (Lipinski definition) is 2. The molecule has 0 radical (unpaired) electrons. The summed E-state index contributed by atoms with van der Waals surface area (Å²) < 4.78 is 28.3. The Morgan fingerprint density at radius 2 is 1.58 bits per heavy atom. The van der Waals surface area contributed by atoms with Crippen LogP contribution in [0.25, 0.3) is 0 Å². The molecule has 0 saturated carbocycles. The third-order valence-corrected chi connectivity index (χ3v) is 6.77. The van der Waals surface area contributed by atoms with Crippen molar-refractivity contribution in [2.24, 2.45) is 4.99 Å². The van der Waals surface area contributed by atoms with Crippen molar-refractivity contribution >= 4 is 16.0 Å². The Balaban J connectivity index is 1.66. The van der Waals surface area contributed by atoms with Crippen LogP contribution < -0.4 is 10.6 Å². The lowest BCUT2D eigenvalue weighted by atomic mass is 10.1. The third kappa shape index (κ3) is 5.71. The molecule has 8 nitrogen and oxygen atoms in total. The van der Waals surface area contributed by atoms with Crippen molar-refractivity contribution in [3.8, 4) is 0 Å². The zero-order valence-electron chi connectivity index (χ0n) is 18.0. The van der Waals surface area contributed by atoms with Crippen LogP contribution in [0.4, 0.5) is 0 Å². The molecule has 0 atom stereocenters. The number of sulfonamides is 1. The van der Waals surface area contributed by atoms with Gasteiger partial charge in [-0.3, -0.25) is 9.67 Å². The van der Waals surface area contributed by atoms with Crippen LogP contribution in [0.5, 0.6) is 0 Å². The largest absolute Gasteiger partial charge is 0.352 e. The zero-order valence-corrected chi connectivity index (χ0v) is 18.8. The van der Waals surface area contributed by atoms with Crippen molar-refractivity contribution in [3.63, 3.8) is 0 Å². The first-order chi connectivity index (χ1) is 14.9. The Morgan fingerprint density at radius 1 is 0.968 bits per heavy atom. The summed E-state index contributed by atoms with van der Waals surface area (Å²) >= 11 is 0. The number of rotatable bonds is 8. The normalized spacial score (nSPS) is 12.2. The van der Waals surface area contributed by atoms with E-state index >= 15 is 0 Å². The average Bonchev–Trinajstić information content (AvgIpc) is 3.28. The fourth-order valence-corrected chi connectivity index (χ4v) is 4.24. The lowest BCUT2D eigenvalue weighted by molar-refractivity contribution is 0.519. The lowest BCUT2D eigenvalue weighted by Gasteiger charge is -2.17. The van der Waals surface area contributed by atoms with E-state index in [-0.39, 0.29) is 4.90 Å². The maximum Gasteiger partial charge on any atom is 0.242 e. The average molecular weight is 441 g/mol. The van der Waals surface area contributed by atoms with Gasteiger partial charge in [-0.2, -0.15) is 5.10 Å². The predicted molar refractivity (Wildman–Crippen MR) is 122 cm³/mol. The molecule has 9 heteroatoms. The molecule has 0 fully saturated rings. The molecular formula is C22H28N6O2S. The van der Waals surface area contributed by atoms with Crippen LogP contribution in [-0.2, 0) is 29.7 Å². The van der Waals surface area contributed by atoms with Gasteiger partial charge < -0.3 is 10.6 Å². The zero-order chi connectivity index (χ0) is 22.3. The number of aliphatic imine (C=N–C) groups is 1. The first-order valence-electron chi connectivity index (χ1n) is 9.91. The van der Waals surface area contributed by atoms with E-state index in [1.807, 2.05) is 35.1 Å². The molecule has 0 spiro atoms. The van der Waals surface area contributed by atoms with Gasteiger partial charge in [0, 0.05) is 46.6 Å². The second-order valence-electron chi connectivity index (χ2n) is 7.15. The molecule has 3 rings (SSSR count). The van der Waals surface area contributed by atoms with E-state index in [1.165, 1.54) is 18.4 Å². The van der Waals surface area contributed by atoms with Crippen molar-refractivity contribution < 1.29 is 8.42 Å². The van der Waals surface area contributed by atoms with E-state index in [4.69, 9.17) is 0 Å². The molecule has 0 saturated heterocycles. The fourth-order valence-electron chi connectivity index (χ4n) is 3.13. The SMILES string of the molecule is CN=C(NCc1ccccc1Cn1cccn1)NCc1ccccc1S(=O)(=O)N(C)C. The summed E-state index contributed by atoms with van der Waals surface area (Å²) in [5.74, 6) is 0.589. The van der Waals surface area contributed by atoms with E-state index < -0.39 is 10.0 Å². The molecular weight excluding hydrogens is 412 g/mol. The molecule has 2 N–H and O–H groups in total. The maximum absolute atomic E-state index is 12.6. The van der Waals surface area contributed by atoms with Crippen LogP contribution in [-0.4, -0.2) is 49.6 Å². The molecule has 0 amide bonds. The topological polar surface area (TPSA) is 91.6 Å². The van der Waals surface area contributed by atoms with Crippen molar-refractivity contribution in [2.45, 2.75) is 24.5 Å². The van der Waals surface area contributed by atoms with Gasteiger partial charge in [-0.05, 0) is 28.8 Å². The Morgan fingerprint density at radius 3 is 2.19 bits per heavy atom. The van der Waals surface area contributed by atoms with E-state index in [2.05, 4.69) is 32.9 Å².